The van der Waals surface area contributed by atoms with E-state index in [1.807, 2.05) is 0 Å². The van der Waals surface area contributed by atoms with E-state index < -0.39 is 15.8 Å². The van der Waals surface area contributed by atoms with Gasteiger partial charge in [-0.3, -0.25) is 4.79 Å². The molecule has 1 aliphatic rings. The standard InChI is InChI=1S/C16H23FN2O3S/c1-23(21,22)19(12-13-6-2-5-9-15(13)17)11-10-16(20)18-14-7-3-4-8-14/h2,5-6,9,14H,3-4,7-8,10-12H2,1H3,(H,18,20). The summed E-state index contributed by atoms with van der Waals surface area (Å²) in [6, 6.07) is 6.26. The van der Waals surface area contributed by atoms with Gasteiger partial charge < -0.3 is 5.32 Å². The third kappa shape index (κ3) is 5.58. The number of hydrogen-bond acceptors (Lipinski definition) is 3. The summed E-state index contributed by atoms with van der Waals surface area (Å²) in [7, 11) is -3.52. The van der Waals surface area contributed by atoms with Crippen LogP contribution in [0.25, 0.3) is 0 Å². The zero-order chi connectivity index (χ0) is 16.9. The van der Waals surface area contributed by atoms with Gasteiger partial charge in [0.05, 0.1) is 6.26 Å². The molecule has 7 heteroatoms. The van der Waals surface area contributed by atoms with Crippen LogP contribution in [0.2, 0.25) is 0 Å². The number of rotatable bonds is 7. The van der Waals surface area contributed by atoms with Crippen LogP contribution in [0, 0.1) is 5.82 Å². The minimum Gasteiger partial charge on any atom is -0.353 e. The maximum Gasteiger partial charge on any atom is 0.221 e. The lowest BCUT2D eigenvalue weighted by molar-refractivity contribution is -0.121. The number of nitrogens with zero attached hydrogens (tertiary/aromatic N) is 1. The molecular weight excluding hydrogens is 319 g/mol. The summed E-state index contributed by atoms with van der Waals surface area (Å²) in [6.45, 7) is -0.0199. The normalized spacial score (nSPS) is 16.0. The maximum absolute atomic E-state index is 13.7. The van der Waals surface area contributed by atoms with Gasteiger partial charge in [0.25, 0.3) is 0 Å². The lowest BCUT2D eigenvalue weighted by Crippen LogP contribution is -2.37. The lowest BCUT2D eigenvalue weighted by Gasteiger charge is -2.20. The molecule has 1 saturated carbocycles. The fraction of sp³-hybridized carbons (Fsp3) is 0.562. The quantitative estimate of drug-likeness (QED) is 0.824. The Kier molecular flexibility index (Phi) is 6.12. The molecule has 0 aliphatic heterocycles. The molecule has 1 fully saturated rings. The highest BCUT2D eigenvalue weighted by Gasteiger charge is 2.21. The van der Waals surface area contributed by atoms with Crippen molar-refractivity contribution < 1.29 is 17.6 Å². The topological polar surface area (TPSA) is 66.5 Å². The summed E-state index contributed by atoms with van der Waals surface area (Å²) in [5, 5.41) is 2.93. The smallest absolute Gasteiger partial charge is 0.221 e. The van der Waals surface area contributed by atoms with Crippen molar-refractivity contribution in [1.29, 1.82) is 0 Å². The number of sulfonamides is 1. The highest BCUT2D eigenvalue weighted by molar-refractivity contribution is 7.88. The highest BCUT2D eigenvalue weighted by atomic mass is 32.2. The van der Waals surface area contributed by atoms with Gasteiger partial charge in [0, 0.05) is 31.1 Å². The largest absolute Gasteiger partial charge is 0.353 e. The average Bonchev–Trinajstić information content (AvgIpc) is 2.96. The molecule has 1 aliphatic carbocycles. The fourth-order valence-electron chi connectivity index (χ4n) is 2.77. The van der Waals surface area contributed by atoms with E-state index in [9.17, 15) is 17.6 Å². The van der Waals surface area contributed by atoms with Crippen LogP contribution >= 0.6 is 0 Å². The Hall–Kier alpha value is -1.47. The number of halogens is 1. The van der Waals surface area contributed by atoms with Crippen LogP contribution in [0.5, 0.6) is 0 Å². The number of benzene rings is 1. The molecular formula is C16H23FN2O3S. The molecule has 0 spiro atoms. The summed E-state index contributed by atoms with van der Waals surface area (Å²) in [5.41, 5.74) is 0.300. The number of carbonyl (C=O) groups is 1. The molecule has 0 saturated heterocycles. The van der Waals surface area contributed by atoms with Gasteiger partial charge in [0.2, 0.25) is 15.9 Å². The lowest BCUT2D eigenvalue weighted by atomic mass is 10.2. The van der Waals surface area contributed by atoms with Crippen LogP contribution < -0.4 is 5.32 Å². The van der Waals surface area contributed by atoms with Crippen LogP contribution in [0.15, 0.2) is 24.3 Å². The van der Waals surface area contributed by atoms with E-state index in [1.54, 1.807) is 18.2 Å². The molecule has 23 heavy (non-hydrogen) atoms. The molecule has 1 aromatic carbocycles. The van der Waals surface area contributed by atoms with Gasteiger partial charge in [-0.2, -0.15) is 4.31 Å². The van der Waals surface area contributed by atoms with Gasteiger partial charge in [-0.05, 0) is 18.9 Å². The average molecular weight is 342 g/mol. The van der Waals surface area contributed by atoms with Crippen molar-refractivity contribution in [3.8, 4) is 0 Å². The Balaban J connectivity index is 1.94. The molecule has 0 heterocycles. The van der Waals surface area contributed by atoms with Gasteiger partial charge in [0.1, 0.15) is 5.82 Å². The molecule has 1 aromatic rings. The van der Waals surface area contributed by atoms with E-state index in [1.165, 1.54) is 6.07 Å². The predicted molar refractivity (Wildman–Crippen MR) is 86.7 cm³/mol. The van der Waals surface area contributed by atoms with E-state index in [4.69, 9.17) is 0 Å². The molecule has 2 rings (SSSR count). The van der Waals surface area contributed by atoms with E-state index in [-0.39, 0.29) is 31.5 Å². The summed E-state index contributed by atoms with van der Waals surface area (Å²) >= 11 is 0. The number of amides is 1. The van der Waals surface area contributed by atoms with Crippen LogP contribution in [0.1, 0.15) is 37.7 Å². The van der Waals surface area contributed by atoms with Crippen LogP contribution in [-0.2, 0) is 21.4 Å². The van der Waals surface area contributed by atoms with Gasteiger partial charge in [-0.15, -0.1) is 0 Å². The van der Waals surface area contributed by atoms with Crippen molar-refractivity contribution in [2.45, 2.75) is 44.7 Å². The first kappa shape index (κ1) is 17.9. The van der Waals surface area contributed by atoms with Gasteiger partial charge in [-0.25, -0.2) is 12.8 Å². The van der Waals surface area contributed by atoms with E-state index >= 15 is 0 Å². The number of carbonyl (C=O) groups excluding carboxylic acids is 1. The highest BCUT2D eigenvalue weighted by Crippen LogP contribution is 2.18. The van der Waals surface area contributed by atoms with Crippen molar-refractivity contribution in [1.82, 2.24) is 9.62 Å². The molecule has 0 atom stereocenters. The molecule has 5 nitrogen and oxygen atoms in total. The van der Waals surface area contributed by atoms with Crippen molar-refractivity contribution in [3.63, 3.8) is 0 Å². The van der Waals surface area contributed by atoms with Gasteiger partial charge >= 0.3 is 0 Å². The molecule has 0 radical (unpaired) electrons. The third-order valence-corrected chi connectivity index (χ3v) is 5.33. The molecule has 1 N–H and O–H groups in total. The number of hydrogen-bond donors (Lipinski definition) is 1. The van der Waals surface area contributed by atoms with Crippen LogP contribution in [0.3, 0.4) is 0 Å². The van der Waals surface area contributed by atoms with E-state index in [0.29, 0.717) is 5.56 Å². The Bertz CT molecular complexity index is 642. The monoisotopic (exact) mass is 342 g/mol. The van der Waals surface area contributed by atoms with Crippen molar-refractivity contribution in [2.24, 2.45) is 0 Å². The second-order valence-electron chi connectivity index (χ2n) is 5.99. The molecule has 0 aromatic heterocycles. The predicted octanol–water partition coefficient (Wildman–Crippen LogP) is 2.04. The zero-order valence-electron chi connectivity index (χ0n) is 13.3. The van der Waals surface area contributed by atoms with Crippen LogP contribution in [0.4, 0.5) is 4.39 Å². The minimum atomic E-state index is -3.52. The second kappa shape index (κ2) is 7.88. The second-order valence-corrected chi connectivity index (χ2v) is 7.97. The summed E-state index contributed by atoms with van der Waals surface area (Å²) in [5.74, 6) is -0.601. The van der Waals surface area contributed by atoms with Crippen molar-refractivity contribution >= 4 is 15.9 Å². The van der Waals surface area contributed by atoms with Gasteiger partial charge in [0.15, 0.2) is 0 Å². The van der Waals surface area contributed by atoms with Crippen molar-refractivity contribution in [3.05, 3.63) is 35.6 Å². The molecule has 1 amide bonds. The minimum absolute atomic E-state index is 0.0473. The summed E-state index contributed by atoms with van der Waals surface area (Å²) in [4.78, 5) is 11.9. The van der Waals surface area contributed by atoms with E-state index in [0.717, 1.165) is 36.2 Å². The van der Waals surface area contributed by atoms with Gasteiger partial charge in [-0.1, -0.05) is 31.0 Å². The number of nitrogens with one attached hydrogen (secondary N) is 1. The molecule has 0 bridgehead atoms. The Morgan fingerprint density at radius 1 is 1.30 bits per heavy atom. The first-order chi connectivity index (χ1) is 10.9. The Morgan fingerprint density at radius 3 is 2.57 bits per heavy atom. The summed E-state index contributed by atoms with van der Waals surface area (Å²) in [6.07, 6.45) is 5.36. The van der Waals surface area contributed by atoms with Crippen LogP contribution in [-0.4, -0.2) is 37.5 Å². The third-order valence-electron chi connectivity index (χ3n) is 4.08. The first-order valence-corrected chi connectivity index (χ1v) is 9.69. The first-order valence-electron chi connectivity index (χ1n) is 7.84. The SMILES string of the molecule is CS(=O)(=O)N(CCC(=O)NC1CCCC1)Cc1ccccc1F. The molecule has 0 unspecified atom stereocenters. The fourth-order valence-corrected chi connectivity index (χ4v) is 3.57. The Labute approximate surface area is 136 Å². The summed E-state index contributed by atoms with van der Waals surface area (Å²) < 4.78 is 38.6. The maximum atomic E-state index is 13.7. The zero-order valence-corrected chi connectivity index (χ0v) is 14.1. The molecule has 128 valence electrons. The Morgan fingerprint density at radius 2 is 1.96 bits per heavy atom. The van der Waals surface area contributed by atoms with Crippen molar-refractivity contribution in [2.75, 3.05) is 12.8 Å². The van der Waals surface area contributed by atoms with E-state index in [2.05, 4.69) is 5.32 Å².